The lowest BCUT2D eigenvalue weighted by Gasteiger charge is -2.30. The largest absolute Gasteiger partial charge is 0.0779 e. The summed E-state index contributed by atoms with van der Waals surface area (Å²) in [6.45, 7) is 24.7. The van der Waals surface area contributed by atoms with E-state index in [1.54, 1.807) is 21.1 Å². The molecular weight excluding hydrogens is 276 g/mol. The molecule has 0 saturated carbocycles. The monoisotopic (exact) mass is 308 g/mol. The number of hydrogen-bond donors (Lipinski definition) is 0. The Bertz CT molecular complexity index is 433. The molecule has 0 aliphatic carbocycles. The molecule has 0 aliphatic heterocycles. The van der Waals surface area contributed by atoms with Crippen molar-refractivity contribution in [2.75, 3.05) is 0 Å². The van der Waals surface area contributed by atoms with E-state index in [1.807, 2.05) is 0 Å². The third kappa shape index (κ3) is 3.92. The fourth-order valence-corrected chi connectivity index (χ4v) is 7.97. The minimum absolute atomic E-state index is 1.23. The third-order valence-corrected chi connectivity index (χ3v) is 10.2. The molecule has 108 valence electrons. The zero-order valence-corrected chi connectivity index (χ0v) is 17.7. The third-order valence-electron chi connectivity index (χ3n) is 3.89. The Morgan fingerprint density at radius 1 is 0.579 bits per heavy atom. The molecule has 0 heterocycles. The van der Waals surface area contributed by atoms with Gasteiger partial charge in [-0.1, -0.05) is 92.2 Å². The summed E-state index contributed by atoms with van der Waals surface area (Å²) < 4.78 is 0. The molecule has 0 unspecified atom stereocenters. The Kier molecular flexibility index (Phi) is 4.46. The van der Waals surface area contributed by atoms with Gasteiger partial charge >= 0.3 is 0 Å². The molecular formula is C16H32Si3. The summed E-state index contributed by atoms with van der Waals surface area (Å²) in [5, 5.41) is 5.06. The van der Waals surface area contributed by atoms with Gasteiger partial charge in [-0.2, -0.15) is 0 Å². The van der Waals surface area contributed by atoms with Crippen LogP contribution in [0.15, 0.2) is 12.1 Å². The van der Waals surface area contributed by atoms with E-state index in [2.05, 4.69) is 78.0 Å². The van der Waals surface area contributed by atoms with Gasteiger partial charge in [0.2, 0.25) is 0 Å². The lowest BCUT2D eigenvalue weighted by atomic mass is 10.2. The van der Waals surface area contributed by atoms with Gasteiger partial charge in [0, 0.05) is 0 Å². The molecule has 0 aromatic heterocycles. The Labute approximate surface area is 123 Å². The molecule has 0 amide bonds. The summed E-state index contributed by atoms with van der Waals surface area (Å²) in [6.07, 6.45) is 0. The van der Waals surface area contributed by atoms with Gasteiger partial charge in [0.1, 0.15) is 0 Å². The van der Waals surface area contributed by atoms with Crippen molar-refractivity contribution < 1.29 is 0 Å². The second kappa shape index (κ2) is 5.01. The summed E-state index contributed by atoms with van der Waals surface area (Å²) in [7, 11) is -3.74. The summed E-state index contributed by atoms with van der Waals surface area (Å²) in [5.41, 5.74) is 1.61. The van der Waals surface area contributed by atoms with E-state index in [1.165, 1.54) is 0 Å². The predicted molar refractivity (Wildman–Crippen MR) is 100 cm³/mol. The maximum atomic E-state index is 2.57. The van der Waals surface area contributed by atoms with Gasteiger partial charge < -0.3 is 0 Å². The molecule has 1 aromatic carbocycles. The summed E-state index contributed by atoms with van der Waals surface area (Å²) in [4.78, 5) is 0. The molecule has 0 radical (unpaired) electrons. The van der Waals surface area contributed by atoms with Crippen molar-refractivity contribution in [3.8, 4) is 0 Å². The Balaban J connectivity index is 3.68. The lowest BCUT2D eigenvalue weighted by molar-refractivity contribution is 1.51. The van der Waals surface area contributed by atoms with E-state index in [-0.39, 0.29) is 0 Å². The van der Waals surface area contributed by atoms with Crippen molar-refractivity contribution in [3.05, 3.63) is 17.7 Å². The normalized spacial score (nSPS) is 13.8. The first-order valence-corrected chi connectivity index (χ1v) is 17.9. The zero-order valence-electron chi connectivity index (χ0n) is 14.7. The Morgan fingerprint density at radius 2 is 0.895 bits per heavy atom. The molecule has 0 saturated heterocycles. The van der Waals surface area contributed by atoms with E-state index >= 15 is 0 Å². The van der Waals surface area contributed by atoms with Crippen LogP contribution in [0.3, 0.4) is 0 Å². The highest BCUT2D eigenvalue weighted by Crippen LogP contribution is 2.12. The molecule has 3 heteroatoms. The molecule has 0 aliphatic rings. The van der Waals surface area contributed by atoms with Crippen LogP contribution in [0.2, 0.25) is 58.9 Å². The average Bonchev–Trinajstić information content (AvgIpc) is 2.11. The quantitative estimate of drug-likeness (QED) is 0.748. The minimum Gasteiger partial charge on any atom is -0.0656 e. The van der Waals surface area contributed by atoms with Crippen molar-refractivity contribution >= 4 is 39.8 Å². The van der Waals surface area contributed by atoms with Crippen molar-refractivity contribution in [2.24, 2.45) is 0 Å². The molecule has 0 bridgehead atoms. The topological polar surface area (TPSA) is 0 Å². The van der Waals surface area contributed by atoms with Crippen LogP contribution in [0.4, 0.5) is 0 Å². The van der Waals surface area contributed by atoms with Gasteiger partial charge in [0.15, 0.2) is 0 Å². The summed E-state index contributed by atoms with van der Waals surface area (Å²) in [5.74, 6) is 0. The smallest absolute Gasteiger partial charge is 0.0656 e. The first-order valence-electron chi connectivity index (χ1n) is 7.40. The lowest BCUT2D eigenvalue weighted by Crippen LogP contribution is -2.53. The van der Waals surface area contributed by atoms with E-state index < -0.39 is 24.2 Å². The fourth-order valence-electron chi connectivity index (χ4n) is 2.71. The van der Waals surface area contributed by atoms with Gasteiger partial charge in [-0.3, -0.25) is 0 Å². The second-order valence-corrected chi connectivity index (χ2v) is 24.1. The molecule has 0 spiro atoms. The zero-order chi connectivity index (χ0) is 15.2. The van der Waals surface area contributed by atoms with Crippen LogP contribution >= 0.6 is 0 Å². The maximum absolute atomic E-state index is 2.57. The number of benzene rings is 1. The molecule has 0 N–H and O–H groups in total. The first kappa shape index (κ1) is 16.9. The van der Waals surface area contributed by atoms with Gasteiger partial charge in [-0.15, -0.1) is 0 Å². The van der Waals surface area contributed by atoms with Crippen molar-refractivity contribution in [2.45, 2.75) is 65.8 Å². The van der Waals surface area contributed by atoms with Gasteiger partial charge in [0.05, 0.1) is 24.2 Å². The van der Waals surface area contributed by atoms with Gasteiger partial charge in [-0.25, -0.2) is 0 Å². The second-order valence-electron chi connectivity index (χ2n) is 8.95. The summed E-state index contributed by atoms with van der Waals surface area (Å²) in [6, 6.07) is 5.13. The molecule has 1 rings (SSSR count). The first-order chi connectivity index (χ1) is 8.24. The van der Waals surface area contributed by atoms with Crippen molar-refractivity contribution in [1.29, 1.82) is 0 Å². The van der Waals surface area contributed by atoms with Gasteiger partial charge in [0.25, 0.3) is 0 Å². The molecule has 19 heavy (non-hydrogen) atoms. The molecule has 1 aromatic rings. The highest BCUT2D eigenvalue weighted by molar-refractivity contribution is 6.94. The molecule has 0 nitrogen and oxygen atoms in total. The van der Waals surface area contributed by atoms with Gasteiger partial charge in [-0.05, 0) is 6.92 Å². The van der Waals surface area contributed by atoms with Crippen LogP contribution in [-0.2, 0) is 0 Å². The predicted octanol–water partition coefficient (Wildman–Crippen LogP) is 3.63. The average molecular weight is 309 g/mol. The molecule has 0 fully saturated rings. The highest BCUT2D eigenvalue weighted by Gasteiger charge is 2.29. The van der Waals surface area contributed by atoms with Crippen LogP contribution in [-0.4, -0.2) is 24.2 Å². The van der Waals surface area contributed by atoms with Crippen LogP contribution in [0, 0.1) is 6.92 Å². The number of hydrogen-bond acceptors (Lipinski definition) is 0. The minimum atomic E-state index is -1.25. The van der Waals surface area contributed by atoms with Crippen LogP contribution in [0.5, 0.6) is 0 Å². The van der Waals surface area contributed by atoms with E-state index in [0.29, 0.717) is 0 Å². The Morgan fingerprint density at radius 3 is 1.11 bits per heavy atom. The summed E-state index contributed by atoms with van der Waals surface area (Å²) >= 11 is 0. The van der Waals surface area contributed by atoms with Crippen molar-refractivity contribution in [1.82, 2.24) is 0 Å². The van der Waals surface area contributed by atoms with E-state index in [9.17, 15) is 0 Å². The van der Waals surface area contributed by atoms with Crippen LogP contribution in [0.1, 0.15) is 5.56 Å². The SMILES string of the molecule is Cc1c([Si](C)(C)C)cc([Si](C)(C)C)cc1[Si](C)(C)C. The maximum Gasteiger partial charge on any atom is 0.0779 e. The highest BCUT2D eigenvalue weighted by atomic mass is 28.3. The Hall–Kier alpha value is -0.129. The van der Waals surface area contributed by atoms with E-state index in [0.717, 1.165) is 0 Å². The molecule has 0 atom stereocenters. The van der Waals surface area contributed by atoms with E-state index in [4.69, 9.17) is 0 Å². The van der Waals surface area contributed by atoms with Crippen LogP contribution < -0.4 is 15.6 Å². The van der Waals surface area contributed by atoms with Crippen molar-refractivity contribution in [3.63, 3.8) is 0 Å². The van der Waals surface area contributed by atoms with Crippen LogP contribution in [0.25, 0.3) is 0 Å². The fraction of sp³-hybridized carbons (Fsp3) is 0.625. The number of rotatable bonds is 3. The standard InChI is InChI=1S/C16H32Si3/c1-13-15(18(5,6)7)11-14(17(2,3)4)12-16(13)19(8,9)10/h11-12H,1-10H3.